The minimum absolute atomic E-state index is 0.169. The molecule has 0 aliphatic heterocycles. The van der Waals surface area contributed by atoms with Crippen molar-refractivity contribution in [2.45, 2.75) is 57.7 Å². The van der Waals surface area contributed by atoms with Crippen molar-refractivity contribution >= 4 is 33.2 Å². The van der Waals surface area contributed by atoms with Crippen LogP contribution in [0, 0.1) is 0 Å². The molecule has 1 aromatic heterocycles. The molecule has 1 aliphatic rings. The second-order valence-electron chi connectivity index (χ2n) is 10.1. The summed E-state index contributed by atoms with van der Waals surface area (Å²) in [6.45, 7) is 2.36. The molecule has 206 valence electrons. The number of hydrogen-bond donors (Lipinski definition) is 3. The molecule has 8 nitrogen and oxygen atoms in total. The first kappa shape index (κ1) is 27.7. The predicted molar refractivity (Wildman–Crippen MR) is 159 cm³/mol. The topological polar surface area (TPSA) is 107 Å². The SMILES string of the molecule is C[C@H](NC(=O)N(Cc1ccc([C@@H](O)Cc2nn[nH]n2)cc1)c1ccc(C2=CCCCC2)cc1)c1ccc(Br)cc1. The molecule has 1 heterocycles. The number of aromatic nitrogens is 4. The molecule has 0 unspecified atom stereocenters. The van der Waals surface area contributed by atoms with Crippen LogP contribution in [0.1, 0.15) is 72.8 Å². The molecule has 5 rings (SSSR count). The number of aromatic amines is 1. The van der Waals surface area contributed by atoms with Gasteiger partial charge in [-0.3, -0.25) is 4.90 Å². The van der Waals surface area contributed by atoms with E-state index in [1.165, 1.54) is 24.0 Å². The standard InChI is InChI=1S/C31H33BrN6O2/c1-21(23-11-15-27(32)16-12-23)33-31(40)38(28-17-13-25(14-18-28)24-5-3-2-4-6-24)20-22-7-9-26(10-8-22)29(39)19-30-34-36-37-35-30/h5,7-18,21,29,39H,2-4,6,19-20H2,1H3,(H,33,40)(H,34,35,36,37)/t21-,29-/m0/s1. The van der Waals surface area contributed by atoms with Gasteiger partial charge >= 0.3 is 6.03 Å². The molecule has 2 atom stereocenters. The first-order valence-electron chi connectivity index (χ1n) is 13.6. The number of aliphatic hydroxyl groups excluding tert-OH is 1. The molecule has 0 spiro atoms. The number of carbonyl (C=O) groups excluding carboxylic acids is 1. The summed E-state index contributed by atoms with van der Waals surface area (Å²) in [6, 6.07) is 23.5. The van der Waals surface area contributed by atoms with Gasteiger partial charge in [0.2, 0.25) is 0 Å². The van der Waals surface area contributed by atoms with E-state index in [0.29, 0.717) is 12.4 Å². The van der Waals surface area contributed by atoms with Gasteiger partial charge in [0.25, 0.3) is 0 Å². The van der Waals surface area contributed by atoms with E-state index in [0.717, 1.165) is 39.7 Å². The lowest BCUT2D eigenvalue weighted by atomic mass is 9.93. The van der Waals surface area contributed by atoms with Gasteiger partial charge in [0.05, 0.1) is 18.7 Å². The Hall–Kier alpha value is -3.82. The molecule has 0 radical (unpaired) electrons. The molecule has 0 saturated carbocycles. The number of nitrogens with one attached hydrogen (secondary N) is 2. The molecule has 3 N–H and O–H groups in total. The van der Waals surface area contributed by atoms with Crippen molar-refractivity contribution in [2.24, 2.45) is 0 Å². The molecule has 2 amide bonds. The van der Waals surface area contributed by atoms with E-state index in [2.05, 4.69) is 60.1 Å². The average molecular weight is 602 g/mol. The van der Waals surface area contributed by atoms with Crippen molar-refractivity contribution in [3.05, 3.63) is 111 Å². The van der Waals surface area contributed by atoms with Gasteiger partial charge in [0.15, 0.2) is 5.82 Å². The number of anilines is 1. The Balaban J connectivity index is 1.35. The maximum Gasteiger partial charge on any atom is 0.322 e. The van der Waals surface area contributed by atoms with Gasteiger partial charge in [0.1, 0.15) is 0 Å². The van der Waals surface area contributed by atoms with Crippen molar-refractivity contribution in [3.8, 4) is 0 Å². The zero-order valence-electron chi connectivity index (χ0n) is 22.4. The molecule has 3 aromatic carbocycles. The molecular formula is C31H33BrN6O2. The van der Waals surface area contributed by atoms with E-state index >= 15 is 0 Å². The van der Waals surface area contributed by atoms with E-state index in [-0.39, 0.29) is 18.5 Å². The fourth-order valence-electron chi connectivity index (χ4n) is 4.92. The smallest absolute Gasteiger partial charge is 0.322 e. The maximum atomic E-state index is 13.7. The Labute approximate surface area is 242 Å². The number of benzene rings is 3. The van der Waals surface area contributed by atoms with Gasteiger partial charge in [-0.2, -0.15) is 5.21 Å². The molecule has 9 heteroatoms. The van der Waals surface area contributed by atoms with Crippen molar-refractivity contribution in [2.75, 3.05) is 4.90 Å². The van der Waals surface area contributed by atoms with Gasteiger partial charge in [0, 0.05) is 16.6 Å². The zero-order valence-corrected chi connectivity index (χ0v) is 24.0. The van der Waals surface area contributed by atoms with Crippen LogP contribution in [0.4, 0.5) is 10.5 Å². The number of nitrogens with zero attached hydrogens (tertiary/aromatic N) is 4. The number of urea groups is 1. The molecule has 4 aromatic rings. The van der Waals surface area contributed by atoms with Crippen LogP contribution in [0.5, 0.6) is 0 Å². The molecule has 0 bridgehead atoms. The minimum atomic E-state index is -0.751. The number of amides is 2. The fraction of sp³-hybridized carbons (Fsp3) is 0.290. The summed E-state index contributed by atoms with van der Waals surface area (Å²) in [6.07, 6.45) is 6.53. The molecule has 0 fully saturated rings. The Kier molecular flexibility index (Phi) is 9.03. The van der Waals surface area contributed by atoms with Crippen LogP contribution < -0.4 is 10.2 Å². The number of carbonyl (C=O) groups is 1. The maximum absolute atomic E-state index is 13.7. The number of aliphatic hydroxyl groups is 1. The highest BCUT2D eigenvalue weighted by Crippen LogP contribution is 2.29. The van der Waals surface area contributed by atoms with Crippen molar-refractivity contribution in [1.82, 2.24) is 25.9 Å². The highest BCUT2D eigenvalue weighted by molar-refractivity contribution is 9.10. The van der Waals surface area contributed by atoms with Crippen LogP contribution in [0.2, 0.25) is 0 Å². The van der Waals surface area contributed by atoms with E-state index in [1.54, 1.807) is 4.90 Å². The summed E-state index contributed by atoms with van der Waals surface area (Å²) in [7, 11) is 0. The quantitative estimate of drug-likeness (QED) is 0.199. The second-order valence-corrected chi connectivity index (χ2v) is 11.0. The third kappa shape index (κ3) is 7.03. The lowest BCUT2D eigenvalue weighted by molar-refractivity contribution is 0.176. The van der Waals surface area contributed by atoms with Crippen molar-refractivity contribution in [3.63, 3.8) is 0 Å². The monoisotopic (exact) mass is 600 g/mol. The number of halogens is 1. The number of H-pyrrole nitrogens is 1. The predicted octanol–water partition coefficient (Wildman–Crippen LogP) is 6.67. The van der Waals surface area contributed by atoms with Gasteiger partial charge in [-0.25, -0.2) is 4.79 Å². The number of rotatable bonds is 9. The Morgan fingerprint density at radius 2 is 1.75 bits per heavy atom. The van der Waals surface area contributed by atoms with Crippen LogP contribution in [0.3, 0.4) is 0 Å². The normalized spacial score (nSPS) is 14.7. The highest BCUT2D eigenvalue weighted by Gasteiger charge is 2.20. The Morgan fingerprint density at radius 3 is 2.40 bits per heavy atom. The van der Waals surface area contributed by atoms with Crippen LogP contribution in [-0.4, -0.2) is 31.8 Å². The summed E-state index contributed by atoms with van der Waals surface area (Å²) in [5.74, 6) is 0.451. The third-order valence-electron chi connectivity index (χ3n) is 7.27. The summed E-state index contributed by atoms with van der Waals surface area (Å²) in [5, 5.41) is 27.5. The van der Waals surface area contributed by atoms with Gasteiger partial charge < -0.3 is 10.4 Å². The van der Waals surface area contributed by atoms with Gasteiger partial charge in [-0.05, 0) is 84.7 Å². The van der Waals surface area contributed by atoms with Crippen LogP contribution >= 0.6 is 15.9 Å². The number of hydrogen-bond acceptors (Lipinski definition) is 5. The largest absolute Gasteiger partial charge is 0.388 e. The van der Waals surface area contributed by atoms with Crippen LogP contribution in [0.25, 0.3) is 5.57 Å². The van der Waals surface area contributed by atoms with Gasteiger partial charge in [-0.1, -0.05) is 75.8 Å². The first-order chi connectivity index (χ1) is 19.5. The fourth-order valence-corrected chi connectivity index (χ4v) is 5.19. The van der Waals surface area contributed by atoms with Gasteiger partial charge in [-0.15, -0.1) is 10.2 Å². The highest BCUT2D eigenvalue weighted by atomic mass is 79.9. The van der Waals surface area contributed by atoms with Crippen LogP contribution in [0.15, 0.2) is 83.3 Å². The molecule has 1 aliphatic carbocycles. The zero-order chi connectivity index (χ0) is 27.9. The third-order valence-corrected chi connectivity index (χ3v) is 7.79. The van der Waals surface area contributed by atoms with E-state index < -0.39 is 6.10 Å². The van der Waals surface area contributed by atoms with Crippen LogP contribution in [-0.2, 0) is 13.0 Å². The second kappa shape index (κ2) is 13.0. The lowest BCUT2D eigenvalue weighted by Crippen LogP contribution is -2.40. The first-order valence-corrected chi connectivity index (χ1v) is 14.4. The van der Waals surface area contributed by atoms with Crippen molar-refractivity contribution in [1.29, 1.82) is 0 Å². The summed E-state index contributed by atoms with van der Waals surface area (Å²) in [4.78, 5) is 15.4. The summed E-state index contributed by atoms with van der Waals surface area (Å²) in [5.41, 5.74) is 6.14. The van der Waals surface area contributed by atoms with Crippen molar-refractivity contribution < 1.29 is 9.90 Å². The van der Waals surface area contributed by atoms with E-state index in [9.17, 15) is 9.90 Å². The number of tetrazole rings is 1. The van der Waals surface area contributed by atoms with E-state index in [4.69, 9.17) is 0 Å². The summed E-state index contributed by atoms with van der Waals surface area (Å²) >= 11 is 3.47. The van der Waals surface area contributed by atoms with E-state index in [1.807, 2.05) is 67.6 Å². The molecular weight excluding hydrogens is 568 g/mol. The molecule has 0 saturated heterocycles. The Bertz CT molecular complexity index is 1420. The summed E-state index contributed by atoms with van der Waals surface area (Å²) < 4.78 is 0.996. The Morgan fingerprint density at radius 1 is 1.02 bits per heavy atom. The molecule has 40 heavy (non-hydrogen) atoms. The minimum Gasteiger partial charge on any atom is -0.388 e. The number of allylic oxidation sites excluding steroid dienone is 2. The average Bonchev–Trinajstić information content (AvgIpc) is 3.50. The lowest BCUT2D eigenvalue weighted by Gasteiger charge is -2.26.